The highest BCUT2D eigenvalue weighted by atomic mass is 19.4. The van der Waals surface area contributed by atoms with Crippen molar-refractivity contribution in [1.29, 1.82) is 0 Å². The maximum Gasteiger partial charge on any atom is 0.417 e. The second-order valence-electron chi connectivity index (χ2n) is 5.20. The van der Waals surface area contributed by atoms with Gasteiger partial charge in [0.2, 0.25) is 5.56 Å². The van der Waals surface area contributed by atoms with E-state index in [0.717, 1.165) is 24.3 Å². The Hall–Kier alpha value is -2.84. The summed E-state index contributed by atoms with van der Waals surface area (Å²) >= 11 is 0. The highest BCUT2D eigenvalue weighted by molar-refractivity contribution is 5.89. The summed E-state index contributed by atoms with van der Waals surface area (Å²) in [5.41, 5.74) is -3.37. The monoisotopic (exact) mass is 358 g/mol. The second kappa shape index (κ2) is 5.61. The number of halogens is 6. The van der Waals surface area contributed by atoms with E-state index in [4.69, 9.17) is 0 Å². The highest BCUT2D eigenvalue weighted by Gasteiger charge is 2.36. The third-order valence-corrected chi connectivity index (χ3v) is 3.55. The quantitative estimate of drug-likeness (QED) is 0.645. The van der Waals surface area contributed by atoms with Gasteiger partial charge in [0.15, 0.2) is 0 Å². The van der Waals surface area contributed by atoms with Gasteiger partial charge in [0.1, 0.15) is 0 Å². The summed E-state index contributed by atoms with van der Waals surface area (Å²) in [5.74, 6) is 0. The van der Waals surface area contributed by atoms with Gasteiger partial charge in [0, 0.05) is 28.7 Å². The molecule has 2 heterocycles. The van der Waals surface area contributed by atoms with Crippen molar-refractivity contribution in [3.05, 3.63) is 64.1 Å². The van der Waals surface area contributed by atoms with Crippen LogP contribution in [0.15, 0.2) is 47.4 Å². The maximum atomic E-state index is 13.5. The number of nitrogens with zero attached hydrogens (tertiary/aromatic N) is 1. The van der Waals surface area contributed by atoms with Crippen LogP contribution in [-0.2, 0) is 12.4 Å². The van der Waals surface area contributed by atoms with Crippen LogP contribution in [0.4, 0.5) is 26.3 Å². The zero-order valence-corrected chi connectivity index (χ0v) is 12.2. The molecule has 2 aromatic heterocycles. The number of rotatable bonds is 1. The van der Waals surface area contributed by atoms with Crippen LogP contribution in [0.2, 0.25) is 0 Å². The van der Waals surface area contributed by atoms with Crippen molar-refractivity contribution in [2.24, 2.45) is 0 Å². The van der Waals surface area contributed by atoms with Gasteiger partial charge in [-0.2, -0.15) is 26.3 Å². The first-order valence-electron chi connectivity index (χ1n) is 6.84. The maximum absolute atomic E-state index is 13.5. The number of aromatic nitrogens is 2. The Labute approximate surface area is 135 Å². The first kappa shape index (κ1) is 17.0. The van der Waals surface area contributed by atoms with Gasteiger partial charge in [-0.15, -0.1) is 0 Å². The molecule has 0 amide bonds. The summed E-state index contributed by atoms with van der Waals surface area (Å²) in [6, 6.07) is 5.83. The number of nitrogens with one attached hydrogen (secondary N) is 1. The van der Waals surface area contributed by atoms with Crippen molar-refractivity contribution >= 4 is 10.9 Å². The summed E-state index contributed by atoms with van der Waals surface area (Å²) in [6.07, 6.45) is -8.95. The number of hydrogen-bond donors (Lipinski definition) is 1. The van der Waals surface area contributed by atoms with Gasteiger partial charge in [-0.25, -0.2) is 0 Å². The zero-order valence-electron chi connectivity index (χ0n) is 12.2. The fraction of sp³-hybridized carbons (Fsp3) is 0.125. The number of H-pyrrole nitrogens is 1. The molecule has 130 valence electrons. The Kier molecular flexibility index (Phi) is 3.81. The van der Waals surface area contributed by atoms with Crippen molar-refractivity contribution in [2.75, 3.05) is 0 Å². The van der Waals surface area contributed by atoms with Gasteiger partial charge < -0.3 is 4.98 Å². The van der Waals surface area contributed by atoms with Crippen molar-refractivity contribution < 1.29 is 26.3 Å². The van der Waals surface area contributed by atoms with Gasteiger partial charge in [-0.1, -0.05) is 6.07 Å². The Morgan fingerprint density at radius 1 is 0.840 bits per heavy atom. The molecule has 3 nitrogen and oxygen atoms in total. The van der Waals surface area contributed by atoms with E-state index in [1.54, 1.807) is 0 Å². The van der Waals surface area contributed by atoms with E-state index in [1.165, 1.54) is 6.07 Å². The van der Waals surface area contributed by atoms with Crippen molar-refractivity contribution in [1.82, 2.24) is 9.97 Å². The minimum Gasteiger partial charge on any atom is -0.322 e. The smallest absolute Gasteiger partial charge is 0.322 e. The molecule has 1 aromatic carbocycles. The van der Waals surface area contributed by atoms with E-state index in [9.17, 15) is 31.1 Å². The lowest BCUT2D eigenvalue weighted by Gasteiger charge is -2.16. The molecule has 0 aliphatic rings. The minimum absolute atomic E-state index is 0.0320. The van der Waals surface area contributed by atoms with E-state index in [2.05, 4.69) is 9.97 Å². The lowest BCUT2D eigenvalue weighted by atomic mass is 9.98. The van der Waals surface area contributed by atoms with Gasteiger partial charge >= 0.3 is 12.4 Å². The van der Waals surface area contributed by atoms with Crippen molar-refractivity contribution in [3.63, 3.8) is 0 Å². The number of fused-ring (bicyclic) bond motifs is 1. The number of benzene rings is 1. The number of alkyl halides is 6. The third-order valence-electron chi connectivity index (χ3n) is 3.55. The lowest BCUT2D eigenvalue weighted by molar-refractivity contribution is -0.138. The fourth-order valence-electron chi connectivity index (χ4n) is 2.47. The fourth-order valence-corrected chi connectivity index (χ4v) is 2.47. The molecule has 0 spiro atoms. The molecule has 1 N–H and O–H groups in total. The third kappa shape index (κ3) is 3.21. The van der Waals surface area contributed by atoms with Crippen LogP contribution in [0, 0.1) is 0 Å². The molecule has 25 heavy (non-hydrogen) atoms. The molecule has 0 saturated heterocycles. The first-order chi connectivity index (χ1) is 11.6. The molecule has 9 heteroatoms. The summed E-state index contributed by atoms with van der Waals surface area (Å²) in [5, 5.41) is -0.272. The topological polar surface area (TPSA) is 45.8 Å². The van der Waals surface area contributed by atoms with Crippen LogP contribution in [0.25, 0.3) is 22.2 Å². The molecule has 0 bridgehead atoms. The molecule has 0 aliphatic carbocycles. The number of aromatic amines is 1. The molecule has 0 unspecified atom stereocenters. The van der Waals surface area contributed by atoms with Crippen LogP contribution in [0.1, 0.15) is 11.1 Å². The van der Waals surface area contributed by atoms with Gasteiger partial charge in [-0.3, -0.25) is 9.78 Å². The largest absolute Gasteiger partial charge is 0.417 e. The Morgan fingerprint density at radius 3 is 2.12 bits per heavy atom. The lowest BCUT2D eigenvalue weighted by Crippen LogP contribution is -2.11. The van der Waals surface area contributed by atoms with E-state index in [0.29, 0.717) is 12.3 Å². The standard InChI is InChI=1S/C16H8F6N2O/c17-15(18,19)8-1-4-11(23-7-8)9-2-5-12-10(3-6-13(25)24-12)14(9)16(20,21)22/h1-7H,(H,24,25). The van der Waals surface area contributed by atoms with Gasteiger partial charge in [0.25, 0.3) is 0 Å². The summed E-state index contributed by atoms with van der Waals surface area (Å²) in [4.78, 5) is 17.1. The summed E-state index contributed by atoms with van der Waals surface area (Å²) in [6.45, 7) is 0. The number of hydrogen-bond acceptors (Lipinski definition) is 2. The van der Waals surface area contributed by atoms with E-state index >= 15 is 0 Å². The average Bonchev–Trinajstić information content (AvgIpc) is 2.52. The molecular weight excluding hydrogens is 350 g/mol. The predicted molar refractivity (Wildman–Crippen MR) is 77.8 cm³/mol. The van der Waals surface area contributed by atoms with Crippen LogP contribution in [0.5, 0.6) is 0 Å². The van der Waals surface area contributed by atoms with E-state index < -0.39 is 29.0 Å². The van der Waals surface area contributed by atoms with Crippen molar-refractivity contribution in [2.45, 2.75) is 12.4 Å². The molecule has 0 fully saturated rings. The molecule has 0 atom stereocenters. The Bertz CT molecular complexity index is 987. The molecule has 0 aliphatic heterocycles. The zero-order chi connectivity index (χ0) is 18.4. The van der Waals surface area contributed by atoms with Crippen LogP contribution in [-0.4, -0.2) is 9.97 Å². The minimum atomic E-state index is -4.79. The first-order valence-corrected chi connectivity index (χ1v) is 6.84. The highest BCUT2D eigenvalue weighted by Crippen LogP contribution is 2.41. The van der Waals surface area contributed by atoms with E-state index in [1.807, 2.05) is 0 Å². The van der Waals surface area contributed by atoms with Crippen LogP contribution >= 0.6 is 0 Å². The number of pyridine rings is 2. The normalized spacial score (nSPS) is 12.6. The Morgan fingerprint density at radius 2 is 1.56 bits per heavy atom. The molecular formula is C16H8F6N2O. The summed E-state index contributed by atoms with van der Waals surface area (Å²) < 4.78 is 78.3. The molecule has 0 radical (unpaired) electrons. The molecule has 0 saturated carbocycles. The SMILES string of the molecule is O=c1ccc2c(C(F)(F)F)c(-c3ccc(C(F)(F)F)cn3)ccc2[nH]1. The van der Waals surface area contributed by atoms with Crippen molar-refractivity contribution in [3.8, 4) is 11.3 Å². The van der Waals surface area contributed by atoms with Gasteiger partial charge in [-0.05, 0) is 24.3 Å². The molecule has 3 rings (SSSR count). The van der Waals surface area contributed by atoms with Crippen LogP contribution < -0.4 is 5.56 Å². The van der Waals surface area contributed by atoms with Gasteiger partial charge in [0.05, 0.1) is 16.8 Å². The average molecular weight is 358 g/mol. The Balaban J connectivity index is 2.26. The van der Waals surface area contributed by atoms with E-state index in [-0.39, 0.29) is 22.2 Å². The van der Waals surface area contributed by atoms with Crippen LogP contribution in [0.3, 0.4) is 0 Å². The molecule has 3 aromatic rings. The second-order valence-corrected chi connectivity index (χ2v) is 5.20. The summed E-state index contributed by atoms with van der Waals surface area (Å²) in [7, 11) is 0. The predicted octanol–water partition coefficient (Wildman–Crippen LogP) is 4.63.